The van der Waals surface area contributed by atoms with Gasteiger partial charge in [-0.1, -0.05) is 23.9 Å². The number of carbonyl (C=O) groups is 1. The van der Waals surface area contributed by atoms with Crippen LogP contribution in [-0.2, 0) is 11.3 Å². The number of rotatable bonds is 10. The smallest absolute Gasteiger partial charge is 0.277 e. The molecule has 1 amide bonds. The zero-order valence-electron chi connectivity index (χ0n) is 18.0. The van der Waals surface area contributed by atoms with Crippen LogP contribution in [0.1, 0.15) is 26.3 Å². The predicted octanol–water partition coefficient (Wildman–Crippen LogP) is 4.86. The summed E-state index contributed by atoms with van der Waals surface area (Å²) in [7, 11) is 0. The molecule has 0 N–H and O–H groups in total. The quantitative estimate of drug-likeness (QED) is 0.418. The molecular weight excluding hydrogens is 415 g/mol. The summed E-state index contributed by atoms with van der Waals surface area (Å²) in [6.07, 6.45) is 0. The Kier molecular flexibility index (Phi) is 8.06. The third-order valence-electron chi connectivity index (χ3n) is 4.97. The molecule has 1 aromatic heterocycles. The summed E-state index contributed by atoms with van der Waals surface area (Å²) >= 11 is 1.20. The first kappa shape index (κ1) is 22.8. The maximum absolute atomic E-state index is 13.4. The van der Waals surface area contributed by atoms with Crippen LogP contribution in [0, 0.1) is 5.82 Å². The highest BCUT2D eigenvalue weighted by atomic mass is 32.2. The van der Waals surface area contributed by atoms with Gasteiger partial charge < -0.3 is 14.2 Å². The first-order valence-electron chi connectivity index (χ1n) is 10.4. The maximum Gasteiger partial charge on any atom is 0.277 e. The number of anilines is 1. The van der Waals surface area contributed by atoms with Crippen LogP contribution in [-0.4, -0.2) is 46.4 Å². The fraction of sp³-hybridized carbons (Fsp3) is 0.348. The summed E-state index contributed by atoms with van der Waals surface area (Å²) in [4.78, 5) is 16.5. The summed E-state index contributed by atoms with van der Waals surface area (Å²) in [6.45, 7) is 8.93. The van der Waals surface area contributed by atoms with Crippen LogP contribution in [0.25, 0.3) is 11.5 Å². The van der Waals surface area contributed by atoms with Crippen LogP contribution < -0.4 is 4.90 Å². The highest BCUT2D eigenvalue weighted by Gasteiger charge is 2.16. The minimum Gasteiger partial charge on any atom is -0.411 e. The Morgan fingerprint density at radius 1 is 1.03 bits per heavy atom. The van der Waals surface area contributed by atoms with E-state index < -0.39 is 0 Å². The fourth-order valence-corrected chi connectivity index (χ4v) is 3.90. The number of aromatic nitrogens is 2. The zero-order valence-corrected chi connectivity index (χ0v) is 18.9. The molecule has 2 aromatic carbocycles. The Hall–Kier alpha value is -2.87. The van der Waals surface area contributed by atoms with Gasteiger partial charge in [0.1, 0.15) is 5.82 Å². The minimum atomic E-state index is -0.307. The molecular formula is C23H27FN4O2S. The van der Waals surface area contributed by atoms with Gasteiger partial charge in [0, 0.05) is 37.4 Å². The molecule has 31 heavy (non-hydrogen) atoms. The van der Waals surface area contributed by atoms with Crippen molar-refractivity contribution in [3.63, 3.8) is 0 Å². The Morgan fingerprint density at radius 2 is 1.77 bits per heavy atom. The second-order valence-corrected chi connectivity index (χ2v) is 7.85. The highest BCUT2D eigenvalue weighted by molar-refractivity contribution is 7.99. The van der Waals surface area contributed by atoms with E-state index in [0.717, 1.165) is 29.9 Å². The van der Waals surface area contributed by atoms with E-state index in [2.05, 4.69) is 28.9 Å². The monoisotopic (exact) mass is 442 g/mol. The van der Waals surface area contributed by atoms with E-state index in [1.165, 1.54) is 23.9 Å². The molecule has 8 heteroatoms. The molecule has 0 saturated carbocycles. The Bertz CT molecular complexity index is 989. The lowest BCUT2D eigenvalue weighted by molar-refractivity contribution is -0.128. The van der Waals surface area contributed by atoms with E-state index in [0.29, 0.717) is 24.2 Å². The van der Waals surface area contributed by atoms with Crippen molar-refractivity contribution < 1.29 is 13.6 Å². The normalized spacial score (nSPS) is 10.8. The molecule has 0 radical (unpaired) electrons. The summed E-state index contributed by atoms with van der Waals surface area (Å²) in [5, 5.41) is 8.50. The number of halogens is 1. The summed E-state index contributed by atoms with van der Waals surface area (Å²) in [6, 6.07) is 14.3. The summed E-state index contributed by atoms with van der Waals surface area (Å²) in [5.74, 6) is 0.221. The van der Waals surface area contributed by atoms with Crippen molar-refractivity contribution in [2.75, 3.05) is 30.3 Å². The van der Waals surface area contributed by atoms with Crippen LogP contribution in [0.15, 0.2) is 58.2 Å². The molecule has 0 spiro atoms. The number of nitrogens with zero attached hydrogens (tertiary/aromatic N) is 4. The van der Waals surface area contributed by atoms with Crippen molar-refractivity contribution in [2.45, 2.75) is 32.5 Å². The molecule has 0 fully saturated rings. The van der Waals surface area contributed by atoms with E-state index in [1.807, 2.05) is 37.3 Å². The van der Waals surface area contributed by atoms with Gasteiger partial charge in [0.05, 0.1) is 5.75 Å². The van der Waals surface area contributed by atoms with Crippen LogP contribution >= 0.6 is 11.8 Å². The molecule has 0 aliphatic carbocycles. The van der Waals surface area contributed by atoms with Crippen molar-refractivity contribution in [3.8, 4) is 11.5 Å². The van der Waals surface area contributed by atoms with Crippen LogP contribution in [0.5, 0.6) is 0 Å². The molecule has 3 rings (SSSR count). The van der Waals surface area contributed by atoms with Crippen molar-refractivity contribution in [2.24, 2.45) is 0 Å². The van der Waals surface area contributed by atoms with Gasteiger partial charge in [-0.15, -0.1) is 10.2 Å². The number of hydrogen-bond acceptors (Lipinski definition) is 6. The van der Waals surface area contributed by atoms with Gasteiger partial charge in [-0.05, 0) is 62.7 Å². The topological polar surface area (TPSA) is 62.5 Å². The van der Waals surface area contributed by atoms with Crippen molar-refractivity contribution in [1.82, 2.24) is 15.1 Å². The number of carbonyl (C=O) groups excluding carboxylic acids is 1. The van der Waals surface area contributed by atoms with Gasteiger partial charge in [0.2, 0.25) is 11.8 Å². The van der Waals surface area contributed by atoms with E-state index in [4.69, 9.17) is 4.42 Å². The highest BCUT2D eigenvalue weighted by Crippen LogP contribution is 2.25. The SMILES string of the molecule is CCN(Cc1cccc(F)c1)C(=O)CSc1nnc(-c2ccc(N(CC)CC)cc2)o1. The third kappa shape index (κ3) is 6.07. The standard InChI is InChI=1S/C23H27FN4O2S/c1-4-27(5-2)20-12-10-18(11-13-20)22-25-26-23(30-22)31-16-21(29)28(6-3)15-17-8-7-9-19(24)14-17/h7-14H,4-6,15-16H2,1-3H3. The number of benzene rings is 2. The molecule has 0 unspecified atom stereocenters. The molecule has 0 aliphatic rings. The molecule has 0 atom stereocenters. The molecule has 6 nitrogen and oxygen atoms in total. The van der Waals surface area contributed by atoms with Gasteiger partial charge >= 0.3 is 0 Å². The average Bonchev–Trinajstić information content (AvgIpc) is 3.26. The van der Waals surface area contributed by atoms with Crippen LogP contribution in [0.2, 0.25) is 0 Å². The molecule has 0 aliphatic heterocycles. The van der Waals surface area contributed by atoms with E-state index in [1.54, 1.807) is 11.0 Å². The molecule has 3 aromatic rings. The van der Waals surface area contributed by atoms with Gasteiger partial charge in [0.25, 0.3) is 5.22 Å². The lowest BCUT2D eigenvalue weighted by Gasteiger charge is -2.20. The Balaban J connectivity index is 1.58. The summed E-state index contributed by atoms with van der Waals surface area (Å²) < 4.78 is 19.1. The number of thioether (sulfide) groups is 1. The molecule has 0 bridgehead atoms. The van der Waals surface area contributed by atoms with Crippen LogP contribution in [0.4, 0.5) is 10.1 Å². The third-order valence-corrected chi connectivity index (χ3v) is 5.77. The van der Waals surface area contributed by atoms with Crippen molar-refractivity contribution >= 4 is 23.4 Å². The zero-order chi connectivity index (χ0) is 22.2. The second-order valence-electron chi connectivity index (χ2n) is 6.92. The van der Waals surface area contributed by atoms with Crippen LogP contribution in [0.3, 0.4) is 0 Å². The lowest BCUT2D eigenvalue weighted by Crippen LogP contribution is -2.31. The van der Waals surface area contributed by atoms with E-state index in [-0.39, 0.29) is 17.5 Å². The number of hydrogen-bond donors (Lipinski definition) is 0. The predicted molar refractivity (Wildman–Crippen MR) is 122 cm³/mol. The average molecular weight is 443 g/mol. The lowest BCUT2D eigenvalue weighted by atomic mass is 10.2. The maximum atomic E-state index is 13.4. The Labute approximate surface area is 186 Å². The summed E-state index contributed by atoms with van der Waals surface area (Å²) in [5.41, 5.74) is 2.74. The van der Waals surface area contributed by atoms with Gasteiger partial charge in [-0.25, -0.2) is 4.39 Å². The molecule has 0 saturated heterocycles. The Morgan fingerprint density at radius 3 is 2.42 bits per heavy atom. The van der Waals surface area contributed by atoms with Gasteiger partial charge in [-0.3, -0.25) is 4.79 Å². The van der Waals surface area contributed by atoms with Gasteiger partial charge in [0.15, 0.2) is 0 Å². The minimum absolute atomic E-state index is 0.0694. The van der Waals surface area contributed by atoms with Crippen molar-refractivity contribution in [1.29, 1.82) is 0 Å². The van der Waals surface area contributed by atoms with Gasteiger partial charge in [-0.2, -0.15) is 0 Å². The fourth-order valence-electron chi connectivity index (χ4n) is 3.24. The first-order chi connectivity index (χ1) is 15.0. The molecule has 1 heterocycles. The van der Waals surface area contributed by atoms with E-state index >= 15 is 0 Å². The molecule has 164 valence electrons. The first-order valence-corrected chi connectivity index (χ1v) is 11.4. The number of amides is 1. The largest absolute Gasteiger partial charge is 0.411 e. The van der Waals surface area contributed by atoms with Crippen molar-refractivity contribution in [3.05, 3.63) is 59.9 Å². The second kappa shape index (κ2) is 10.9. The van der Waals surface area contributed by atoms with E-state index in [9.17, 15) is 9.18 Å².